The van der Waals surface area contributed by atoms with Gasteiger partial charge in [0.2, 0.25) is 5.91 Å². The SMILES string of the molecule is CC1(C)c2ccccc2N2CCC(=O)N[C@]21/C=C/c1cccc(OCc2ccccc2)c1. The van der Waals surface area contributed by atoms with Crippen LogP contribution in [0.5, 0.6) is 5.75 Å². The van der Waals surface area contributed by atoms with Gasteiger partial charge in [0.1, 0.15) is 18.0 Å². The maximum Gasteiger partial charge on any atom is 0.223 e. The predicted octanol–water partition coefficient (Wildman–Crippen LogP) is 5.29. The highest BCUT2D eigenvalue weighted by molar-refractivity contribution is 5.84. The standard InChI is InChI=1S/C28H28N2O2/c1-27(2)24-13-6-7-14-25(24)30-18-16-26(31)29-28(27,30)17-15-21-11-8-12-23(19-21)32-20-22-9-4-3-5-10-22/h3-15,17,19H,16,18,20H2,1-2H3,(H,29,31)/b17-15+/t28-/m1/s1. The van der Waals surface area contributed by atoms with Crippen LogP contribution in [0.4, 0.5) is 5.69 Å². The summed E-state index contributed by atoms with van der Waals surface area (Å²) in [5, 5.41) is 3.33. The highest BCUT2D eigenvalue weighted by Gasteiger charge is 2.57. The number of hydrogen-bond donors (Lipinski definition) is 1. The molecule has 5 rings (SSSR count). The summed E-state index contributed by atoms with van der Waals surface area (Å²) in [6.45, 7) is 5.66. The fourth-order valence-electron chi connectivity index (χ4n) is 4.98. The summed E-state index contributed by atoms with van der Waals surface area (Å²) in [5.74, 6) is 0.915. The van der Waals surface area contributed by atoms with Gasteiger partial charge in [0.25, 0.3) is 0 Å². The van der Waals surface area contributed by atoms with E-state index in [4.69, 9.17) is 4.74 Å². The Morgan fingerprint density at radius 1 is 1.00 bits per heavy atom. The van der Waals surface area contributed by atoms with E-state index >= 15 is 0 Å². The average molecular weight is 425 g/mol. The molecule has 0 radical (unpaired) electrons. The van der Waals surface area contributed by atoms with Crippen LogP contribution in [0.15, 0.2) is 84.9 Å². The number of para-hydroxylation sites is 1. The number of anilines is 1. The van der Waals surface area contributed by atoms with E-state index < -0.39 is 5.66 Å². The number of rotatable bonds is 5. The number of carbonyl (C=O) groups is 1. The summed E-state index contributed by atoms with van der Waals surface area (Å²) in [4.78, 5) is 14.9. The van der Waals surface area contributed by atoms with E-state index in [2.05, 4.69) is 78.7 Å². The van der Waals surface area contributed by atoms with Gasteiger partial charge in [0.15, 0.2) is 0 Å². The number of hydrogen-bond acceptors (Lipinski definition) is 3. The van der Waals surface area contributed by atoms with Gasteiger partial charge in [0, 0.05) is 24.1 Å². The maximum atomic E-state index is 12.5. The Kier molecular flexibility index (Phi) is 5.01. The van der Waals surface area contributed by atoms with Crippen molar-refractivity contribution >= 4 is 17.7 Å². The molecule has 1 amide bonds. The van der Waals surface area contributed by atoms with Gasteiger partial charge < -0.3 is 15.0 Å². The molecule has 0 unspecified atom stereocenters. The zero-order valence-corrected chi connectivity index (χ0v) is 18.5. The van der Waals surface area contributed by atoms with Crippen LogP contribution in [0.2, 0.25) is 0 Å². The first kappa shape index (κ1) is 20.4. The molecule has 0 spiro atoms. The molecule has 0 aliphatic carbocycles. The van der Waals surface area contributed by atoms with Crippen molar-refractivity contribution < 1.29 is 9.53 Å². The highest BCUT2D eigenvalue weighted by atomic mass is 16.5. The summed E-state index contributed by atoms with van der Waals surface area (Å²) in [6.07, 6.45) is 4.75. The summed E-state index contributed by atoms with van der Waals surface area (Å²) in [7, 11) is 0. The van der Waals surface area contributed by atoms with Gasteiger partial charge in [-0.25, -0.2) is 0 Å². The molecule has 2 heterocycles. The van der Waals surface area contributed by atoms with Gasteiger partial charge in [-0.2, -0.15) is 0 Å². The molecule has 1 atom stereocenters. The zero-order chi connectivity index (χ0) is 22.2. The summed E-state index contributed by atoms with van der Waals surface area (Å²) >= 11 is 0. The van der Waals surface area contributed by atoms with Gasteiger partial charge in [-0.1, -0.05) is 80.6 Å². The Labute approximate surface area is 189 Å². The van der Waals surface area contributed by atoms with Gasteiger partial charge in [0.05, 0.1) is 0 Å². The molecule has 1 saturated heterocycles. The predicted molar refractivity (Wildman–Crippen MR) is 129 cm³/mol. The lowest BCUT2D eigenvalue weighted by Gasteiger charge is -2.49. The van der Waals surface area contributed by atoms with Gasteiger partial charge >= 0.3 is 0 Å². The number of ether oxygens (including phenoxy) is 1. The minimum absolute atomic E-state index is 0.0896. The molecule has 162 valence electrons. The summed E-state index contributed by atoms with van der Waals surface area (Å²) < 4.78 is 6.00. The molecule has 3 aromatic rings. The maximum absolute atomic E-state index is 12.5. The summed E-state index contributed by atoms with van der Waals surface area (Å²) in [5.41, 5.74) is 3.74. The number of nitrogens with one attached hydrogen (secondary N) is 1. The number of nitrogens with zero attached hydrogens (tertiary/aromatic N) is 1. The van der Waals surface area contributed by atoms with Gasteiger partial charge in [-0.05, 0) is 41.0 Å². The monoisotopic (exact) mass is 424 g/mol. The van der Waals surface area contributed by atoms with Crippen molar-refractivity contribution in [2.24, 2.45) is 0 Å². The minimum atomic E-state index is -0.604. The lowest BCUT2D eigenvalue weighted by atomic mass is 9.74. The van der Waals surface area contributed by atoms with E-state index in [0.717, 1.165) is 16.9 Å². The molecule has 32 heavy (non-hydrogen) atoms. The van der Waals surface area contributed by atoms with Crippen molar-refractivity contribution in [1.82, 2.24) is 5.32 Å². The first-order chi connectivity index (χ1) is 15.5. The number of benzene rings is 3. The Morgan fingerprint density at radius 2 is 1.78 bits per heavy atom. The molecule has 0 bridgehead atoms. The Hall–Kier alpha value is -3.53. The van der Waals surface area contributed by atoms with Crippen molar-refractivity contribution in [3.05, 3.63) is 102 Å². The van der Waals surface area contributed by atoms with Crippen LogP contribution < -0.4 is 15.0 Å². The van der Waals surface area contributed by atoms with Crippen molar-refractivity contribution in [2.45, 2.75) is 38.0 Å². The highest BCUT2D eigenvalue weighted by Crippen LogP contribution is 2.52. The molecule has 4 nitrogen and oxygen atoms in total. The second kappa shape index (κ2) is 7.86. The molecule has 2 aliphatic rings. The van der Waals surface area contributed by atoms with Crippen molar-refractivity contribution in [2.75, 3.05) is 11.4 Å². The van der Waals surface area contributed by atoms with E-state index in [0.29, 0.717) is 19.6 Å². The van der Waals surface area contributed by atoms with Crippen LogP contribution in [0.25, 0.3) is 6.08 Å². The zero-order valence-electron chi connectivity index (χ0n) is 18.5. The molecule has 0 aromatic heterocycles. The van der Waals surface area contributed by atoms with Crippen LogP contribution >= 0.6 is 0 Å². The third-order valence-corrected chi connectivity index (χ3v) is 6.76. The molecule has 1 N–H and O–H groups in total. The van der Waals surface area contributed by atoms with Crippen LogP contribution in [0, 0.1) is 0 Å². The Morgan fingerprint density at radius 3 is 2.62 bits per heavy atom. The first-order valence-electron chi connectivity index (χ1n) is 11.1. The molecular weight excluding hydrogens is 396 g/mol. The fourth-order valence-corrected chi connectivity index (χ4v) is 4.98. The minimum Gasteiger partial charge on any atom is -0.489 e. The largest absolute Gasteiger partial charge is 0.489 e. The lowest BCUT2D eigenvalue weighted by molar-refractivity contribution is -0.124. The number of fused-ring (bicyclic) bond motifs is 3. The molecule has 1 fully saturated rings. The smallest absolute Gasteiger partial charge is 0.223 e. The third-order valence-electron chi connectivity index (χ3n) is 6.76. The van der Waals surface area contributed by atoms with Crippen LogP contribution in [0.3, 0.4) is 0 Å². The quantitative estimate of drug-likeness (QED) is 0.605. The molecule has 0 saturated carbocycles. The molecule has 3 aromatic carbocycles. The van der Waals surface area contributed by atoms with Crippen molar-refractivity contribution in [3.63, 3.8) is 0 Å². The lowest BCUT2D eigenvalue weighted by Crippen LogP contribution is -2.68. The van der Waals surface area contributed by atoms with Crippen LogP contribution in [0.1, 0.15) is 37.0 Å². The van der Waals surface area contributed by atoms with E-state index in [1.54, 1.807) is 0 Å². The van der Waals surface area contributed by atoms with E-state index in [1.165, 1.54) is 11.3 Å². The topological polar surface area (TPSA) is 41.6 Å². The Bertz CT molecular complexity index is 1170. The molecular formula is C28H28N2O2. The van der Waals surface area contributed by atoms with Gasteiger partial charge in [-0.15, -0.1) is 0 Å². The fraction of sp³-hybridized carbons (Fsp3) is 0.250. The van der Waals surface area contributed by atoms with Gasteiger partial charge in [-0.3, -0.25) is 4.79 Å². The second-order valence-electron chi connectivity index (χ2n) is 9.04. The van der Waals surface area contributed by atoms with Crippen LogP contribution in [-0.4, -0.2) is 18.1 Å². The molecule has 4 heteroatoms. The molecule has 2 aliphatic heterocycles. The van der Waals surface area contributed by atoms with E-state index in [9.17, 15) is 4.79 Å². The second-order valence-corrected chi connectivity index (χ2v) is 9.04. The van der Waals surface area contributed by atoms with Crippen LogP contribution in [-0.2, 0) is 16.8 Å². The van der Waals surface area contributed by atoms with Crippen molar-refractivity contribution in [1.29, 1.82) is 0 Å². The van der Waals surface area contributed by atoms with E-state index in [-0.39, 0.29) is 11.3 Å². The third kappa shape index (κ3) is 3.36. The number of carbonyl (C=O) groups excluding carboxylic acids is 1. The average Bonchev–Trinajstić information content (AvgIpc) is 3.01. The van der Waals surface area contributed by atoms with Crippen molar-refractivity contribution in [3.8, 4) is 5.75 Å². The summed E-state index contributed by atoms with van der Waals surface area (Å²) in [6, 6.07) is 26.7. The Balaban J connectivity index is 1.44. The van der Waals surface area contributed by atoms with E-state index in [1.807, 2.05) is 36.4 Å². The first-order valence-corrected chi connectivity index (χ1v) is 11.1. The normalized spacial score (nSPS) is 21.2. The number of amides is 1.